The predicted molar refractivity (Wildman–Crippen MR) is 94.6 cm³/mol. The van der Waals surface area contributed by atoms with Crippen LogP contribution < -0.4 is 0 Å². The van der Waals surface area contributed by atoms with Gasteiger partial charge >= 0.3 is 0 Å². The minimum atomic E-state index is 0.0525. The summed E-state index contributed by atoms with van der Waals surface area (Å²) in [6.07, 6.45) is 3.94. The van der Waals surface area contributed by atoms with Gasteiger partial charge in [0.15, 0.2) is 0 Å². The predicted octanol–water partition coefficient (Wildman–Crippen LogP) is 4.26. The number of rotatable bonds is 6. The molecule has 0 radical (unpaired) electrons. The zero-order chi connectivity index (χ0) is 16.4. The van der Waals surface area contributed by atoms with Gasteiger partial charge in [-0.2, -0.15) is 0 Å². The lowest BCUT2D eigenvalue weighted by atomic mass is 10.2. The molecule has 0 spiro atoms. The molecule has 0 fully saturated rings. The minimum absolute atomic E-state index is 0.0525. The van der Waals surface area contributed by atoms with Crippen LogP contribution in [0.15, 0.2) is 35.4 Å². The summed E-state index contributed by atoms with van der Waals surface area (Å²) in [5.74, 6) is 0.619. The van der Waals surface area contributed by atoms with Crippen LogP contribution in [0, 0.1) is 0 Å². The Morgan fingerprint density at radius 3 is 2.65 bits per heavy atom. The van der Waals surface area contributed by atoms with Crippen LogP contribution >= 0.6 is 11.8 Å². The molecule has 0 aliphatic carbocycles. The van der Waals surface area contributed by atoms with Gasteiger partial charge in [-0.15, -0.1) is 11.8 Å². The molecule has 1 aliphatic heterocycles. The smallest absolute Gasteiger partial charge is 0.291 e. The third-order valence-electron chi connectivity index (χ3n) is 3.95. The van der Waals surface area contributed by atoms with Gasteiger partial charge in [-0.1, -0.05) is 39.3 Å². The highest BCUT2D eigenvalue weighted by Crippen LogP contribution is 2.29. The highest BCUT2D eigenvalue weighted by atomic mass is 32.2. The van der Waals surface area contributed by atoms with E-state index in [1.807, 2.05) is 27.4 Å². The van der Waals surface area contributed by atoms with Crippen molar-refractivity contribution < 1.29 is 4.79 Å². The van der Waals surface area contributed by atoms with E-state index in [4.69, 9.17) is 0 Å². The Labute approximate surface area is 141 Å². The average molecular weight is 329 g/mol. The fraction of sp³-hybridized carbons (Fsp3) is 0.444. The number of nitrogens with zero attached hydrogens (tertiary/aromatic N) is 3. The van der Waals surface area contributed by atoms with Crippen molar-refractivity contribution >= 4 is 17.7 Å². The highest BCUT2D eigenvalue weighted by molar-refractivity contribution is 7.99. The largest absolute Gasteiger partial charge is 0.318 e. The lowest BCUT2D eigenvalue weighted by Gasteiger charge is -2.15. The van der Waals surface area contributed by atoms with Crippen molar-refractivity contribution in [3.05, 3.63) is 36.3 Å². The first-order chi connectivity index (χ1) is 11.1. The number of amides is 1. The first kappa shape index (κ1) is 16.1. The van der Waals surface area contributed by atoms with Gasteiger partial charge in [0.05, 0.1) is 18.6 Å². The van der Waals surface area contributed by atoms with Gasteiger partial charge in [0.1, 0.15) is 0 Å². The van der Waals surface area contributed by atoms with Crippen LogP contribution in [0.3, 0.4) is 0 Å². The molecule has 4 nitrogen and oxygen atoms in total. The Morgan fingerprint density at radius 2 is 2.00 bits per heavy atom. The van der Waals surface area contributed by atoms with E-state index < -0.39 is 0 Å². The molecule has 0 N–H and O–H groups in total. The van der Waals surface area contributed by atoms with Crippen molar-refractivity contribution in [3.8, 4) is 11.3 Å². The molecular formula is C18H23N3OS. The molecule has 5 heteroatoms. The Morgan fingerprint density at radius 1 is 1.26 bits per heavy atom. The SMILES string of the molecule is CCCCN1Cn2c(-c3ccc(SC(C)C)cc3)cnc2C1=O. The van der Waals surface area contributed by atoms with Crippen molar-refractivity contribution in [2.75, 3.05) is 6.54 Å². The van der Waals surface area contributed by atoms with Crippen molar-refractivity contribution in [3.63, 3.8) is 0 Å². The number of benzene rings is 1. The summed E-state index contributed by atoms with van der Waals surface area (Å²) in [6, 6.07) is 8.53. The standard InChI is InChI=1S/C18H23N3OS/c1-4-5-10-20-12-21-16(11-19-17(21)18(20)22)14-6-8-15(9-7-14)23-13(2)3/h6-9,11,13H,4-5,10,12H2,1-3H3. The molecule has 3 rings (SSSR count). The second kappa shape index (κ2) is 6.79. The summed E-state index contributed by atoms with van der Waals surface area (Å²) in [4.78, 5) is 19.9. The third kappa shape index (κ3) is 3.29. The lowest BCUT2D eigenvalue weighted by molar-refractivity contribution is 0.0764. The number of thioether (sulfide) groups is 1. The Bertz CT molecular complexity index is 691. The summed E-state index contributed by atoms with van der Waals surface area (Å²) >= 11 is 1.85. The molecule has 0 unspecified atom stereocenters. The van der Waals surface area contributed by atoms with Crippen molar-refractivity contribution in [2.24, 2.45) is 0 Å². The van der Waals surface area contributed by atoms with E-state index in [1.165, 1.54) is 4.90 Å². The van der Waals surface area contributed by atoms with Crippen LogP contribution in [-0.4, -0.2) is 32.2 Å². The van der Waals surface area contributed by atoms with Crippen LogP contribution in [0.2, 0.25) is 0 Å². The van der Waals surface area contributed by atoms with Crippen molar-refractivity contribution in [1.82, 2.24) is 14.5 Å². The minimum Gasteiger partial charge on any atom is -0.318 e. The number of fused-ring (bicyclic) bond motifs is 1. The van der Waals surface area contributed by atoms with E-state index in [9.17, 15) is 4.79 Å². The molecule has 2 aromatic rings. The zero-order valence-corrected chi connectivity index (χ0v) is 14.8. The molecule has 1 aromatic carbocycles. The van der Waals surface area contributed by atoms with Crippen LogP contribution in [0.25, 0.3) is 11.3 Å². The van der Waals surface area contributed by atoms with E-state index in [0.717, 1.165) is 30.6 Å². The van der Waals surface area contributed by atoms with Crippen LogP contribution in [0.1, 0.15) is 44.2 Å². The number of unbranched alkanes of at least 4 members (excludes halogenated alkanes) is 1. The van der Waals surface area contributed by atoms with Gasteiger partial charge in [0.25, 0.3) is 5.91 Å². The molecule has 1 amide bonds. The number of hydrogen-bond acceptors (Lipinski definition) is 3. The van der Waals surface area contributed by atoms with Crippen LogP contribution in [0.4, 0.5) is 0 Å². The topological polar surface area (TPSA) is 38.1 Å². The number of carbonyl (C=O) groups is 1. The number of imidazole rings is 1. The summed E-state index contributed by atoms with van der Waals surface area (Å²) < 4.78 is 2.03. The fourth-order valence-electron chi connectivity index (χ4n) is 2.79. The number of carbonyl (C=O) groups excluding carboxylic acids is 1. The summed E-state index contributed by atoms with van der Waals surface area (Å²) in [6.45, 7) is 7.95. The quantitative estimate of drug-likeness (QED) is 0.743. The molecular weight excluding hydrogens is 306 g/mol. The molecule has 0 saturated heterocycles. The zero-order valence-electron chi connectivity index (χ0n) is 14.0. The molecule has 23 heavy (non-hydrogen) atoms. The maximum absolute atomic E-state index is 12.4. The Balaban J connectivity index is 1.81. The Kier molecular flexibility index (Phi) is 4.76. The second-order valence-electron chi connectivity index (χ2n) is 6.15. The summed E-state index contributed by atoms with van der Waals surface area (Å²) in [5.41, 5.74) is 2.13. The number of aromatic nitrogens is 2. The molecule has 0 atom stereocenters. The maximum Gasteiger partial charge on any atom is 0.291 e. The fourth-order valence-corrected chi connectivity index (χ4v) is 3.63. The van der Waals surface area contributed by atoms with Gasteiger partial charge in [-0.3, -0.25) is 4.79 Å². The number of hydrogen-bond donors (Lipinski definition) is 0. The van der Waals surface area contributed by atoms with E-state index in [0.29, 0.717) is 17.7 Å². The first-order valence-corrected chi connectivity index (χ1v) is 9.10. The van der Waals surface area contributed by atoms with E-state index in [2.05, 4.69) is 50.0 Å². The highest BCUT2D eigenvalue weighted by Gasteiger charge is 2.30. The lowest BCUT2D eigenvalue weighted by Crippen LogP contribution is -2.25. The summed E-state index contributed by atoms with van der Waals surface area (Å²) in [5, 5.41) is 0.574. The van der Waals surface area contributed by atoms with E-state index in [1.54, 1.807) is 0 Å². The van der Waals surface area contributed by atoms with Crippen molar-refractivity contribution in [1.29, 1.82) is 0 Å². The van der Waals surface area contributed by atoms with E-state index in [-0.39, 0.29) is 5.91 Å². The molecule has 122 valence electrons. The van der Waals surface area contributed by atoms with Gasteiger partial charge in [0.2, 0.25) is 5.82 Å². The molecule has 1 aromatic heterocycles. The van der Waals surface area contributed by atoms with Gasteiger partial charge in [-0.25, -0.2) is 4.98 Å². The van der Waals surface area contributed by atoms with Crippen LogP contribution in [0.5, 0.6) is 0 Å². The molecule has 0 bridgehead atoms. The molecule has 1 aliphatic rings. The van der Waals surface area contributed by atoms with Gasteiger partial charge < -0.3 is 9.47 Å². The molecule has 0 saturated carbocycles. The summed E-state index contributed by atoms with van der Waals surface area (Å²) in [7, 11) is 0. The maximum atomic E-state index is 12.4. The first-order valence-electron chi connectivity index (χ1n) is 8.22. The van der Waals surface area contributed by atoms with Gasteiger partial charge in [-0.05, 0) is 24.1 Å². The normalized spacial score (nSPS) is 13.9. The molecule has 2 heterocycles. The second-order valence-corrected chi connectivity index (χ2v) is 7.80. The Hall–Kier alpha value is -1.75. The monoisotopic (exact) mass is 329 g/mol. The van der Waals surface area contributed by atoms with Gasteiger partial charge in [0, 0.05) is 16.7 Å². The van der Waals surface area contributed by atoms with E-state index >= 15 is 0 Å². The van der Waals surface area contributed by atoms with Crippen molar-refractivity contribution in [2.45, 2.75) is 50.4 Å². The average Bonchev–Trinajstić information content (AvgIpc) is 3.06. The third-order valence-corrected chi connectivity index (χ3v) is 4.97. The van der Waals surface area contributed by atoms with Crippen LogP contribution in [-0.2, 0) is 6.67 Å².